The number of hydrogen-bond acceptors (Lipinski definition) is 8. The number of Topliss-reactive ketones (excluding diaryl/α,β-unsaturated/α-hetero) is 2. The number of guanidine groups is 1. The molecule has 172 valence electrons. The highest BCUT2D eigenvalue weighted by Crippen LogP contribution is 2.27. The van der Waals surface area contributed by atoms with Gasteiger partial charge in [0.2, 0.25) is 0 Å². The monoisotopic (exact) mass is 461 g/mol. The molecule has 1 aromatic rings. The second-order valence-corrected chi connectivity index (χ2v) is 7.59. The maximum absolute atomic E-state index is 12.6. The Labute approximate surface area is 191 Å². The number of unbranched alkanes of at least 4 members (excludes halogenated alkanes) is 1. The van der Waals surface area contributed by atoms with Crippen molar-refractivity contribution in [2.45, 2.75) is 45.7 Å². The molecule has 0 fully saturated rings. The highest BCUT2D eigenvalue weighted by molar-refractivity contribution is 6.45. The van der Waals surface area contributed by atoms with Crippen LogP contribution in [-0.4, -0.2) is 41.9 Å². The second kappa shape index (κ2) is 11.4. The number of benzene rings is 1. The minimum absolute atomic E-state index is 0.0445. The summed E-state index contributed by atoms with van der Waals surface area (Å²) in [6, 6.07) is 6.43. The third kappa shape index (κ3) is 6.38. The van der Waals surface area contributed by atoms with Crippen LogP contribution in [0.25, 0.3) is 0 Å². The van der Waals surface area contributed by atoms with E-state index in [1.165, 1.54) is 11.8 Å². The summed E-state index contributed by atoms with van der Waals surface area (Å²) in [4.78, 5) is 45.5. The van der Waals surface area contributed by atoms with Gasteiger partial charge in [0.25, 0.3) is 5.91 Å². The number of nitrogens with zero attached hydrogens (tertiary/aromatic N) is 3. The van der Waals surface area contributed by atoms with Crippen molar-refractivity contribution in [2.24, 2.45) is 27.2 Å². The van der Waals surface area contributed by atoms with Crippen LogP contribution < -0.4 is 27.4 Å². The Morgan fingerprint density at radius 1 is 1.22 bits per heavy atom. The molecule has 1 amide bonds. The van der Waals surface area contributed by atoms with Crippen molar-refractivity contribution in [3.05, 3.63) is 40.8 Å². The molecule has 1 aliphatic rings. The van der Waals surface area contributed by atoms with E-state index in [-0.39, 0.29) is 47.1 Å². The standard InChI is InChI=1S/C21H28ClN7O3/c1-3-4-11-26-21(25)28-20(32)16-18(23)29(19(24)17(22)27-16)14-8-6-13(7-9-14)15(31)10-5-12(2)30/h6-9,18H,3-5,10-11,23-24H2,1-2H3,(H3,25,26,28,32). The second-order valence-electron chi connectivity index (χ2n) is 7.23. The largest absolute Gasteiger partial charge is 0.382 e. The van der Waals surface area contributed by atoms with Crippen molar-refractivity contribution in [1.82, 2.24) is 5.32 Å². The predicted octanol–water partition coefficient (Wildman–Crippen LogP) is 1.34. The molecule has 0 radical (unpaired) electrons. The number of nitrogens with two attached hydrogens (primary N) is 3. The van der Waals surface area contributed by atoms with Gasteiger partial charge in [-0.3, -0.25) is 19.9 Å². The van der Waals surface area contributed by atoms with E-state index in [4.69, 9.17) is 28.8 Å². The van der Waals surface area contributed by atoms with Gasteiger partial charge in [-0.05, 0) is 37.6 Å². The molecule has 0 saturated heterocycles. The van der Waals surface area contributed by atoms with Crippen LogP contribution in [0.2, 0.25) is 0 Å². The topological polar surface area (TPSA) is 169 Å². The van der Waals surface area contributed by atoms with E-state index in [9.17, 15) is 14.4 Å². The van der Waals surface area contributed by atoms with E-state index in [0.717, 1.165) is 12.8 Å². The fourth-order valence-electron chi connectivity index (χ4n) is 2.90. The van der Waals surface area contributed by atoms with E-state index in [1.807, 2.05) is 6.92 Å². The summed E-state index contributed by atoms with van der Waals surface area (Å²) in [5.74, 6) is -0.853. The molecular formula is C21H28ClN7O3. The molecule has 0 aliphatic carbocycles. The Morgan fingerprint density at radius 2 is 1.88 bits per heavy atom. The first-order valence-electron chi connectivity index (χ1n) is 10.2. The minimum atomic E-state index is -1.06. The van der Waals surface area contributed by atoms with Gasteiger partial charge in [-0.25, -0.2) is 4.99 Å². The number of aliphatic imine (C=N–C) groups is 2. The van der Waals surface area contributed by atoms with Crippen LogP contribution in [0.4, 0.5) is 5.69 Å². The summed E-state index contributed by atoms with van der Waals surface area (Å²) in [6.07, 6.45) is 1.04. The number of hydrogen-bond donors (Lipinski definition) is 4. The summed E-state index contributed by atoms with van der Waals surface area (Å²) in [6.45, 7) is 3.94. The summed E-state index contributed by atoms with van der Waals surface area (Å²) in [7, 11) is 0. The molecule has 1 aliphatic heterocycles. The van der Waals surface area contributed by atoms with Gasteiger partial charge in [0, 0.05) is 30.6 Å². The summed E-state index contributed by atoms with van der Waals surface area (Å²) in [5.41, 5.74) is 18.9. The molecule has 0 bridgehead atoms. The normalized spacial score (nSPS) is 16.6. The molecule has 0 spiro atoms. The van der Waals surface area contributed by atoms with Crippen LogP contribution in [0.15, 0.2) is 45.2 Å². The van der Waals surface area contributed by atoms with Gasteiger partial charge in [-0.15, -0.1) is 0 Å². The Kier molecular flexibility index (Phi) is 8.91. The Bertz CT molecular complexity index is 970. The molecular weight excluding hydrogens is 434 g/mol. The van der Waals surface area contributed by atoms with Crippen molar-refractivity contribution in [2.75, 3.05) is 11.4 Å². The zero-order chi connectivity index (χ0) is 23.8. The molecule has 0 aromatic heterocycles. The van der Waals surface area contributed by atoms with Gasteiger partial charge in [0.05, 0.1) is 0 Å². The summed E-state index contributed by atoms with van der Waals surface area (Å²) in [5, 5.41) is 2.34. The average molecular weight is 462 g/mol. The average Bonchev–Trinajstić information content (AvgIpc) is 2.75. The Morgan fingerprint density at radius 3 is 2.47 bits per heavy atom. The number of amides is 1. The Balaban J connectivity index is 2.20. The van der Waals surface area contributed by atoms with Crippen molar-refractivity contribution < 1.29 is 14.4 Å². The molecule has 2 rings (SSSR count). The summed E-state index contributed by atoms with van der Waals surface area (Å²) < 4.78 is 0. The van der Waals surface area contributed by atoms with Crippen molar-refractivity contribution in [1.29, 1.82) is 0 Å². The van der Waals surface area contributed by atoms with Gasteiger partial charge in [0.1, 0.15) is 23.5 Å². The third-order valence-electron chi connectivity index (χ3n) is 4.69. The van der Waals surface area contributed by atoms with Gasteiger partial charge < -0.3 is 26.9 Å². The van der Waals surface area contributed by atoms with Crippen LogP contribution in [0, 0.1) is 0 Å². The lowest BCUT2D eigenvalue weighted by molar-refractivity contribution is -0.117. The first-order chi connectivity index (χ1) is 15.1. The van der Waals surface area contributed by atoms with Crippen LogP contribution in [-0.2, 0) is 9.59 Å². The van der Waals surface area contributed by atoms with Crippen LogP contribution >= 0.6 is 11.6 Å². The van der Waals surface area contributed by atoms with Crippen LogP contribution in [0.3, 0.4) is 0 Å². The maximum atomic E-state index is 12.6. The fourth-order valence-corrected chi connectivity index (χ4v) is 3.09. The SMILES string of the molecule is CCCCN=C(N)NC(=O)C1=NC(Cl)=C(N)N(c2ccc(C(=O)CCC(C)=O)cc2)C1N. The first kappa shape index (κ1) is 25.0. The zero-order valence-corrected chi connectivity index (χ0v) is 18.9. The lowest BCUT2D eigenvalue weighted by Crippen LogP contribution is -2.57. The highest BCUT2D eigenvalue weighted by atomic mass is 35.5. The molecule has 7 N–H and O–H groups in total. The molecule has 0 saturated carbocycles. The maximum Gasteiger partial charge on any atom is 0.275 e. The number of carbonyl (C=O) groups is 3. The smallest absolute Gasteiger partial charge is 0.275 e. The lowest BCUT2D eigenvalue weighted by atomic mass is 10.0. The third-order valence-corrected chi connectivity index (χ3v) is 4.97. The van der Waals surface area contributed by atoms with E-state index in [1.54, 1.807) is 24.3 Å². The van der Waals surface area contributed by atoms with Crippen molar-refractivity contribution >= 4 is 46.4 Å². The van der Waals surface area contributed by atoms with Crippen LogP contribution in [0.5, 0.6) is 0 Å². The molecule has 1 unspecified atom stereocenters. The van der Waals surface area contributed by atoms with Gasteiger partial charge in [-0.2, -0.15) is 0 Å². The van der Waals surface area contributed by atoms with E-state index in [0.29, 0.717) is 17.8 Å². The number of halogens is 1. The molecule has 1 heterocycles. The minimum Gasteiger partial charge on any atom is -0.382 e. The van der Waals surface area contributed by atoms with E-state index < -0.39 is 12.1 Å². The van der Waals surface area contributed by atoms with Gasteiger partial charge in [0.15, 0.2) is 16.9 Å². The van der Waals surface area contributed by atoms with Crippen molar-refractivity contribution in [3.8, 4) is 0 Å². The molecule has 32 heavy (non-hydrogen) atoms. The molecule has 1 aromatic carbocycles. The highest BCUT2D eigenvalue weighted by Gasteiger charge is 2.33. The van der Waals surface area contributed by atoms with Crippen LogP contribution in [0.1, 0.15) is 49.9 Å². The van der Waals surface area contributed by atoms with Crippen molar-refractivity contribution in [3.63, 3.8) is 0 Å². The molecule has 1 atom stereocenters. The van der Waals surface area contributed by atoms with E-state index in [2.05, 4.69) is 15.3 Å². The molecule has 10 nitrogen and oxygen atoms in total. The quantitative estimate of drug-likeness (QED) is 0.141. The number of carbonyl (C=O) groups excluding carboxylic acids is 3. The summed E-state index contributed by atoms with van der Waals surface area (Å²) >= 11 is 6.15. The first-order valence-corrected chi connectivity index (χ1v) is 10.6. The number of nitrogens with one attached hydrogen (secondary N) is 1. The van der Waals surface area contributed by atoms with E-state index >= 15 is 0 Å². The lowest BCUT2D eigenvalue weighted by Gasteiger charge is -2.34. The fraction of sp³-hybridized carbons (Fsp3) is 0.381. The number of anilines is 1. The number of ketones is 2. The predicted molar refractivity (Wildman–Crippen MR) is 125 cm³/mol. The molecule has 11 heteroatoms. The van der Waals surface area contributed by atoms with Gasteiger partial charge >= 0.3 is 0 Å². The zero-order valence-electron chi connectivity index (χ0n) is 18.1. The van der Waals surface area contributed by atoms with Gasteiger partial charge in [-0.1, -0.05) is 24.9 Å². The Hall–Kier alpha value is -3.24. The number of rotatable bonds is 9.